The molecule has 1 N–H and O–H groups in total. The summed E-state index contributed by atoms with van der Waals surface area (Å²) >= 11 is 0. The molecule has 3 rings (SSSR count). The Hall–Kier alpha value is -2.56. The molecule has 0 unspecified atom stereocenters. The second kappa shape index (κ2) is 5.09. The monoisotopic (exact) mass is 287 g/mol. The van der Waals surface area contributed by atoms with Crippen LogP contribution in [-0.4, -0.2) is 24.7 Å². The van der Waals surface area contributed by atoms with Crippen molar-refractivity contribution in [3.63, 3.8) is 0 Å². The van der Waals surface area contributed by atoms with Crippen LogP contribution in [0.2, 0.25) is 0 Å². The van der Waals surface area contributed by atoms with Crippen molar-refractivity contribution in [3.05, 3.63) is 53.3 Å². The number of amides is 1. The lowest BCUT2D eigenvalue weighted by molar-refractivity contribution is 0.0979. The van der Waals surface area contributed by atoms with Gasteiger partial charge in [0.2, 0.25) is 0 Å². The minimum atomic E-state index is -0.611. The summed E-state index contributed by atoms with van der Waals surface area (Å²) in [5, 5.41) is 9.26. The highest BCUT2D eigenvalue weighted by atomic mass is 19.1. The molecule has 0 bridgehead atoms. The molecular weight excluding hydrogens is 273 g/mol. The van der Waals surface area contributed by atoms with Crippen LogP contribution in [0.15, 0.2) is 36.4 Å². The Kier molecular flexibility index (Phi) is 3.25. The second-order valence-corrected chi connectivity index (χ2v) is 4.87. The van der Waals surface area contributed by atoms with Crippen molar-refractivity contribution in [2.24, 2.45) is 0 Å². The Morgan fingerprint density at radius 2 is 2.05 bits per heavy atom. The van der Waals surface area contributed by atoms with Gasteiger partial charge in [0, 0.05) is 18.2 Å². The van der Waals surface area contributed by atoms with Crippen LogP contribution in [-0.2, 0) is 6.42 Å². The van der Waals surface area contributed by atoms with E-state index < -0.39 is 5.82 Å². The first-order valence-electron chi connectivity index (χ1n) is 6.57. The number of hydrogen-bond donors (Lipinski definition) is 1. The van der Waals surface area contributed by atoms with Crippen LogP contribution >= 0.6 is 0 Å². The molecule has 0 atom stereocenters. The molecule has 1 aliphatic rings. The molecule has 108 valence electrons. The average Bonchev–Trinajstić information content (AvgIpc) is 2.48. The summed E-state index contributed by atoms with van der Waals surface area (Å²) in [5.41, 5.74) is 1.63. The van der Waals surface area contributed by atoms with Gasteiger partial charge in [0.25, 0.3) is 5.91 Å². The van der Waals surface area contributed by atoms with Gasteiger partial charge >= 0.3 is 0 Å². The molecule has 0 saturated carbocycles. The maximum atomic E-state index is 13.9. The Morgan fingerprint density at radius 1 is 1.24 bits per heavy atom. The number of halogens is 1. The van der Waals surface area contributed by atoms with E-state index in [4.69, 9.17) is 4.74 Å². The Balaban J connectivity index is 1.99. The normalized spacial score (nSPS) is 14.0. The van der Waals surface area contributed by atoms with E-state index in [1.807, 2.05) is 6.07 Å². The number of anilines is 1. The lowest BCUT2D eigenvalue weighted by atomic mass is 9.98. The van der Waals surface area contributed by atoms with E-state index in [9.17, 15) is 14.3 Å². The van der Waals surface area contributed by atoms with E-state index in [0.717, 1.165) is 11.6 Å². The molecule has 0 saturated heterocycles. The van der Waals surface area contributed by atoms with E-state index in [1.165, 1.54) is 17.0 Å². The van der Waals surface area contributed by atoms with Crippen LogP contribution in [0.25, 0.3) is 0 Å². The summed E-state index contributed by atoms with van der Waals surface area (Å²) < 4.78 is 19.1. The summed E-state index contributed by atoms with van der Waals surface area (Å²) in [6.07, 6.45) is 0.624. The molecule has 0 aliphatic carbocycles. The zero-order valence-corrected chi connectivity index (χ0v) is 11.5. The number of phenolic OH excluding ortho intramolecular Hbond substituents is 1. The summed E-state index contributed by atoms with van der Waals surface area (Å²) in [4.78, 5) is 13.9. The number of ether oxygens (including phenoxy) is 1. The maximum absolute atomic E-state index is 13.9. The highest BCUT2D eigenvalue weighted by Gasteiger charge is 2.27. The quantitative estimate of drug-likeness (QED) is 0.924. The fourth-order valence-electron chi connectivity index (χ4n) is 2.54. The van der Waals surface area contributed by atoms with Crippen molar-refractivity contribution in [2.75, 3.05) is 18.6 Å². The third-order valence-electron chi connectivity index (χ3n) is 3.61. The lowest BCUT2D eigenvalue weighted by Gasteiger charge is -2.29. The second-order valence-electron chi connectivity index (χ2n) is 4.87. The first-order valence-corrected chi connectivity index (χ1v) is 6.57. The summed E-state index contributed by atoms with van der Waals surface area (Å²) in [6.45, 7) is 0.390. The predicted molar refractivity (Wildman–Crippen MR) is 76.4 cm³/mol. The van der Waals surface area contributed by atoms with Crippen molar-refractivity contribution in [2.45, 2.75) is 6.42 Å². The molecular formula is C16H14FNO3. The van der Waals surface area contributed by atoms with E-state index in [0.29, 0.717) is 24.3 Å². The minimum absolute atomic E-state index is 0.161. The van der Waals surface area contributed by atoms with Crippen molar-refractivity contribution in [1.82, 2.24) is 0 Å². The number of fused-ring (bicyclic) bond motifs is 1. The summed E-state index contributed by atoms with van der Waals surface area (Å²) in [5.74, 6) is -0.319. The lowest BCUT2D eigenvalue weighted by Crippen LogP contribution is -2.38. The summed E-state index contributed by atoms with van der Waals surface area (Å²) in [6, 6.07) is 9.03. The standard InChI is InChI=1S/C16H14FNO3/c1-21-12-3-4-13-10(8-12)6-7-18(16(13)20)15-5-2-11(19)9-14(15)17/h2-5,8-9,19H,6-7H2,1H3. The van der Waals surface area contributed by atoms with E-state index in [1.54, 1.807) is 19.2 Å². The van der Waals surface area contributed by atoms with Crippen molar-refractivity contribution < 1.29 is 19.0 Å². The smallest absolute Gasteiger partial charge is 0.258 e. The van der Waals surface area contributed by atoms with E-state index in [-0.39, 0.29) is 17.3 Å². The number of carbonyl (C=O) groups is 1. The van der Waals surface area contributed by atoms with Crippen LogP contribution in [0.5, 0.6) is 11.5 Å². The zero-order valence-electron chi connectivity index (χ0n) is 11.5. The Bertz CT molecular complexity index is 715. The van der Waals surface area contributed by atoms with E-state index in [2.05, 4.69) is 0 Å². The number of carbonyl (C=O) groups excluding carboxylic acids is 1. The van der Waals surface area contributed by atoms with Gasteiger partial charge in [-0.05, 0) is 42.3 Å². The topological polar surface area (TPSA) is 49.8 Å². The van der Waals surface area contributed by atoms with Gasteiger partial charge in [0.1, 0.15) is 11.5 Å². The number of benzene rings is 2. The highest BCUT2D eigenvalue weighted by molar-refractivity contribution is 6.08. The Morgan fingerprint density at radius 3 is 2.76 bits per heavy atom. The zero-order chi connectivity index (χ0) is 15.0. The van der Waals surface area contributed by atoms with Crippen molar-refractivity contribution >= 4 is 11.6 Å². The van der Waals surface area contributed by atoms with Gasteiger partial charge in [-0.3, -0.25) is 4.79 Å². The first-order chi connectivity index (χ1) is 10.1. The van der Waals surface area contributed by atoms with Crippen LogP contribution in [0.4, 0.5) is 10.1 Å². The van der Waals surface area contributed by atoms with Gasteiger partial charge in [0.15, 0.2) is 5.82 Å². The van der Waals surface area contributed by atoms with Crippen LogP contribution in [0.1, 0.15) is 15.9 Å². The molecule has 1 heterocycles. The van der Waals surface area contributed by atoms with Gasteiger partial charge in [-0.15, -0.1) is 0 Å². The number of nitrogens with zero attached hydrogens (tertiary/aromatic N) is 1. The molecule has 0 aromatic heterocycles. The number of phenols is 1. The van der Waals surface area contributed by atoms with Crippen molar-refractivity contribution in [1.29, 1.82) is 0 Å². The molecule has 4 nitrogen and oxygen atoms in total. The molecule has 0 radical (unpaired) electrons. The van der Waals surface area contributed by atoms with Crippen LogP contribution < -0.4 is 9.64 Å². The highest BCUT2D eigenvalue weighted by Crippen LogP contribution is 2.30. The van der Waals surface area contributed by atoms with Gasteiger partial charge in [-0.1, -0.05) is 0 Å². The fraction of sp³-hybridized carbons (Fsp3) is 0.188. The summed E-state index contributed by atoms with van der Waals surface area (Å²) in [7, 11) is 1.57. The number of aromatic hydroxyl groups is 1. The molecule has 0 spiro atoms. The molecule has 1 amide bonds. The maximum Gasteiger partial charge on any atom is 0.258 e. The third kappa shape index (κ3) is 2.31. The van der Waals surface area contributed by atoms with E-state index >= 15 is 0 Å². The van der Waals surface area contributed by atoms with Crippen LogP contribution in [0.3, 0.4) is 0 Å². The number of methoxy groups -OCH3 is 1. The minimum Gasteiger partial charge on any atom is -0.508 e. The van der Waals surface area contributed by atoms with Gasteiger partial charge in [-0.25, -0.2) is 4.39 Å². The average molecular weight is 287 g/mol. The molecule has 2 aromatic carbocycles. The predicted octanol–water partition coefficient (Wildman–Crippen LogP) is 2.74. The number of rotatable bonds is 2. The molecule has 0 fully saturated rings. The fourth-order valence-corrected chi connectivity index (χ4v) is 2.54. The van der Waals surface area contributed by atoms with Gasteiger partial charge in [0.05, 0.1) is 12.8 Å². The van der Waals surface area contributed by atoms with Gasteiger partial charge < -0.3 is 14.7 Å². The SMILES string of the molecule is COc1ccc2c(c1)CCN(c1ccc(O)cc1F)C2=O. The largest absolute Gasteiger partial charge is 0.508 e. The molecule has 2 aromatic rings. The van der Waals surface area contributed by atoms with Crippen molar-refractivity contribution in [3.8, 4) is 11.5 Å². The third-order valence-corrected chi connectivity index (χ3v) is 3.61. The Labute approximate surface area is 121 Å². The van der Waals surface area contributed by atoms with Gasteiger partial charge in [-0.2, -0.15) is 0 Å². The molecule has 21 heavy (non-hydrogen) atoms. The first kappa shape index (κ1) is 13.4. The number of hydrogen-bond acceptors (Lipinski definition) is 3. The molecule has 1 aliphatic heterocycles. The van der Waals surface area contributed by atoms with Crippen LogP contribution in [0, 0.1) is 5.82 Å². The molecule has 5 heteroatoms.